The van der Waals surface area contributed by atoms with Crippen LogP contribution in [0.3, 0.4) is 0 Å². The summed E-state index contributed by atoms with van der Waals surface area (Å²) in [4.78, 5) is 19.6. The lowest BCUT2D eigenvalue weighted by atomic mass is 10.2. The molecule has 0 fully saturated rings. The Bertz CT molecular complexity index is 539. The van der Waals surface area contributed by atoms with Crippen molar-refractivity contribution in [1.29, 1.82) is 0 Å². The fourth-order valence-electron chi connectivity index (χ4n) is 1.87. The Hall–Kier alpha value is -1.88. The normalized spacial score (nSPS) is 10.2. The van der Waals surface area contributed by atoms with E-state index in [0.29, 0.717) is 18.7 Å². The topological polar surface area (TPSA) is 45.2 Å². The monoisotopic (exact) mass is 275 g/mol. The average Bonchev–Trinajstić information content (AvgIpc) is 2.97. The molecular formula is C14H17N3OS. The number of hydrogen-bond acceptors (Lipinski definition) is 4. The number of anilines is 1. The second kappa shape index (κ2) is 6.33. The summed E-state index contributed by atoms with van der Waals surface area (Å²) in [7, 11) is 1.81. The lowest BCUT2D eigenvalue weighted by Crippen LogP contribution is -2.30. The van der Waals surface area contributed by atoms with Crippen molar-refractivity contribution in [3.05, 3.63) is 46.4 Å². The fourth-order valence-corrected chi connectivity index (χ4v) is 2.59. The quantitative estimate of drug-likeness (QED) is 0.912. The minimum atomic E-state index is 0.00773. The van der Waals surface area contributed by atoms with E-state index in [0.717, 1.165) is 5.69 Å². The van der Waals surface area contributed by atoms with Crippen molar-refractivity contribution in [1.82, 2.24) is 9.88 Å². The summed E-state index contributed by atoms with van der Waals surface area (Å²) in [6, 6.07) is 5.86. The molecule has 0 atom stereocenters. The van der Waals surface area contributed by atoms with E-state index in [1.54, 1.807) is 23.7 Å². The Morgan fingerprint density at radius 2 is 2.32 bits per heavy atom. The lowest BCUT2D eigenvalue weighted by Gasteiger charge is -2.21. The number of rotatable bonds is 5. The highest BCUT2D eigenvalue weighted by molar-refractivity contribution is 7.09. The maximum Gasteiger partial charge on any atom is 0.257 e. The Balaban J connectivity index is 2.20. The smallest absolute Gasteiger partial charge is 0.257 e. The van der Waals surface area contributed by atoms with E-state index in [1.165, 1.54) is 4.88 Å². The second-order valence-electron chi connectivity index (χ2n) is 4.07. The Labute approximate surface area is 117 Å². The van der Waals surface area contributed by atoms with Crippen LogP contribution < -0.4 is 5.32 Å². The number of carbonyl (C=O) groups excluding carboxylic acids is 1. The first kappa shape index (κ1) is 13.5. The number of hydrogen-bond donors (Lipinski definition) is 1. The fraction of sp³-hybridized carbons (Fsp3) is 0.286. The third-order valence-electron chi connectivity index (χ3n) is 2.92. The number of pyridine rings is 1. The standard InChI is InChI=1S/C14H17N3OS/c1-3-17(10-11-5-4-8-19-11)14(18)12-9-16-7-6-13(12)15-2/h4-9H,3,10H2,1-2H3,(H,15,16). The number of thiophene rings is 1. The molecule has 2 aromatic heterocycles. The Kier molecular flexibility index (Phi) is 4.52. The largest absolute Gasteiger partial charge is 0.387 e. The molecule has 0 radical (unpaired) electrons. The van der Waals surface area contributed by atoms with Crippen LogP contribution in [-0.2, 0) is 6.54 Å². The molecule has 4 nitrogen and oxygen atoms in total. The van der Waals surface area contributed by atoms with Gasteiger partial charge in [0.2, 0.25) is 0 Å². The summed E-state index contributed by atoms with van der Waals surface area (Å²) < 4.78 is 0. The van der Waals surface area contributed by atoms with Crippen molar-refractivity contribution in [3.63, 3.8) is 0 Å². The van der Waals surface area contributed by atoms with E-state index >= 15 is 0 Å². The molecule has 0 spiro atoms. The zero-order valence-corrected chi connectivity index (χ0v) is 11.9. The molecule has 1 amide bonds. The van der Waals surface area contributed by atoms with Gasteiger partial charge in [0.25, 0.3) is 5.91 Å². The first-order valence-electron chi connectivity index (χ1n) is 6.19. The van der Waals surface area contributed by atoms with E-state index in [4.69, 9.17) is 0 Å². The molecule has 0 saturated carbocycles. The number of amides is 1. The molecule has 100 valence electrons. The van der Waals surface area contributed by atoms with Crippen molar-refractivity contribution in [3.8, 4) is 0 Å². The predicted molar refractivity (Wildman–Crippen MR) is 78.5 cm³/mol. The van der Waals surface area contributed by atoms with Crippen LogP contribution in [0.4, 0.5) is 5.69 Å². The number of carbonyl (C=O) groups is 1. The van der Waals surface area contributed by atoms with Gasteiger partial charge < -0.3 is 10.2 Å². The van der Waals surface area contributed by atoms with Gasteiger partial charge >= 0.3 is 0 Å². The van der Waals surface area contributed by atoms with Crippen LogP contribution in [0.5, 0.6) is 0 Å². The van der Waals surface area contributed by atoms with E-state index in [-0.39, 0.29) is 5.91 Å². The molecule has 2 heterocycles. The average molecular weight is 275 g/mol. The van der Waals surface area contributed by atoms with Crippen molar-refractivity contribution >= 4 is 22.9 Å². The molecule has 5 heteroatoms. The highest BCUT2D eigenvalue weighted by Crippen LogP contribution is 2.18. The van der Waals surface area contributed by atoms with Gasteiger partial charge in [-0.1, -0.05) is 6.07 Å². The molecule has 0 aliphatic rings. The van der Waals surface area contributed by atoms with Gasteiger partial charge in [-0.25, -0.2) is 0 Å². The summed E-state index contributed by atoms with van der Waals surface area (Å²) in [5, 5.41) is 5.05. The molecule has 19 heavy (non-hydrogen) atoms. The van der Waals surface area contributed by atoms with Crippen molar-refractivity contribution in [2.75, 3.05) is 18.9 Å². The number of nitrogens with one attached hydrogen (secondary N) is 1. The van der Waals surface area contributed by atoms with Gasteiger partial charge in [-0.2, -0.15) is 0 Å². The summed E-state index contributed by atoms with van der Waals surface area (Å²) in [6.45, 7) is 3.31. The molecule has 0 aromatic carbocycles. The zero-order valence-electron chi connectivity index (χ0n) is 11.1. The van der Waals surface area contributed by atoms with Crippen molar-refractivity contribution in [2.24, 2.45) is 0 Å². The van der Waals surface area contributed by atoms with Crippen LogP contribution in [0.25, 0.3) is 0 Å². The van der Waals surface area contributed by atoms with Crippen LogP contribution in [0.15, 0.2) is 36.0 Å². The van der Waals surface area contributed by atoms with E-state index < -0.39 is 0 Å². The molecule has 0 saturated heterocycles. The van der Waals surface area contributed by atoms with Gasteiger partial charge in [0.05, 0.1) is 12.1 Å². The number of nitrogens with zero attached hydrogens (tertiary/aromatic N) is 2. The lowest BCUT2D eigenvalue weighted by molar-refractivity contribution is 0.0755. The predicted octanol–water partition coefficient (Wildman–Crippen LogP) is 2.85. The molecule has 2 aromatic rings. The summed E-state index contributed by atoms with van der Waals surface area (Å²) in [5.74, 6) is 0.00773. The van der Waals surface area contributed by atoms with Crippen LogP contribution >= 0.6 is 11.3 Å². The second-order valence-corrected chi connectivity index (χ2v) is 5.10. The highest BCUT2D eigenvalue weighted by atomic mass is 32.1. The Morgan fingerprint density at radius 1 is 1.47 bits per heavy atom. The molecule has 0 aliphatic carbocycles. The van der Waals surface area contributed by atoms with Crippen molar-refractivity contribution < 1.29 is 4.79 Å². The minimum Gasteiger partial charge on any atom is -0.387 e. The zero-order chi connectivity index (χ0) is 13.7. The van der Waals surface area contributed by atoms with Crippen molar-refractivity contribution in [2.45, 2.75) is 13.5 Å². The highest BCUT2D eigenvalue weighted by Gasteiger charge is 2.18. The SMILES string of the molecule is CCN(Cc1cccs1)C(=O)c1cnccc1NC. The van der Waals surface area contributed by atoms with Crippen LogP contribution in [0, 0.1) is 0 Å². The van der Waals surface area contributed by atoms with Gasteiger partial charge in [0.15, 0.2) is 0 Å². The molecule has 2 rings (SSSR count). The van der Waals surface area contributed by atoms with Gasteiger partial charge in [-0.3, -0.25) is 9.78 Å². The van der Waals surface area contributed by atoms with Crippen LogP contribution in [0.2, 0.25) is 0 Å². The molecule has 0 bridgehead atoms. The Morgan fingerprint density at radius 3 is 2.95 bits per heavy atom. The first-order valence-corrected chi connectivity index (χ1v) is 7.07. The third kappa shape index (κ3) is 3.12. The molecule has 1 N–H and O–H groups in total. The summed E-state index contributed by atoms with van der Waals surface area (Å²) in [5.41, 5.74) is 1.42. The van der Waals surface area contributed by atoms with E-state index in [1.807, 2.05) is 42.5 Å². The maximum atomic E-state index is 12.5. The van der Waals surface area contributed by atoms with E-state index in [2.05, 4.69) is 10.3 Å². The van der Waals surface area contributed by atoms with E-state index in [9.17, 15) is 4.79 Å². The third-order valence-corrected chi connectivity index (χ3v) is 3.78. The van der Waals surface area contributed by atoms with Crippen LogP contribution in [0.1, 0.15) is 22.2 Å². The van der Waals surface area contributed by atoms with Gasteiger partial charge in [-0.15, -0.1) is 11.3 Å². The van der Waals surface area contributed by atoms with Gasteiger partial charge in [0, 0.05) is 36.6 Å². The maximum absolute atomic E-state index is 12.5. The van der Waals surface area contributed by atoms with Gasteiger partial charge in [0.1, 0.15) is 0 Å². The summed E-state index contributed by atoms with van der Waals surface area (Å²) in [6.07, 6.45) is 3.30. The minimum absolute atomic E-state index is 0.00773. The van der Waals surface area contributed by atoms with Gasteiger partial charge in [-0.05, 0) is 24.4 Å². The van der Waals surface area contributed by atoms with Crippen LogP contribution in [-0.4, -0.2) is 29.4 Å². The first-order chi connectivity index (χ1) is 9.26. The molecule has 0 unspecified atom stereocenters. The molecular weight excluding hydrogens is 258 g/mol. The summed E-state index contributed by atoms with van der Waals surface area (Å²) >= 11 is 1.66. The number of aromatic nitrogens is 1. The molecule has 0 aliphatic heterocycles.